The number of aliphatic imine (C=N–C) groups is 1. The van der Waals surface area contributed by atoms with Crippen molar-refractivity contribution in [1.29, 1.82) is 0 Å². The third kappa shape index (κ3) is 5.48. The van der Waals surface area contributed by atoms with Crippen molar-refractivity contribution in [3.63, 3.8) is 0 Å². The van der Waals surface area contributed by atoms with Crippen LogP contribution in [0.4, 0.5) is 4.39 Å². The number of Topliss-reactive ketones (excluding diaryl/α,β-unsaturated/α-hetero) is 1. The highest BCUT2D eigenvalue weighted by Crippen LogP contribution is 2.39. The number of aryl methyl sites for hydroxylation is 1. The van der Waals surface area contributed by atoms with Crippen LogP contribution in [0.5, 0.6) is 0 Å². The van der Waals surface area contributed by atoms with Crippen LogP contribution in [0.3, 0.4) is 0 Å². The zero-order valence-electron chi connectivity index (χ0n) is 19.7. The number of ketones is 1. The third-order valence-electron chi connectivity index (χ3n) is 6.42. The molecule has 3 aromatic rings. The molecule has 0 saturated heterocycles. The Labute approximate surface area is 205 Å². The van der Waals surface area contributed by atoms with Gasteiger partial charge in [-0.05, 0) is 48.1 Å². The summed E-state index contributed by atoms with van der Waals surface area (Å²) in [5.74, 6) is -0.0510. The molecule has 0 radical (unpaired) electrons. The molecule has 180 valence electrons. The smallest absolute Gasteiger partial charge is 0.266 e. The summed E-state index contributed by atoms with van der Waals surface area (Å²) in [5.41, 5.74) is 7.48. The number of carbonyl (C=O) groups excluding carboxylic acids is 2. The van der Waals surface area contributed by atoms with E-state index in [2.05, 4.69) is 0 Å². The van der Waals surface area contributed by atoms with Crippen molar-refractivity contribution in [2.45, 2.75) is 44.1 Å². The van der Waals surface area contributed by atoms with Crippen LogP contribution >= 0.6 is 0 Å². The van der Waals surface area contributed by atoms with Crippen LogP contribution in [0.1, 0.15) is 48.8 Å². The van der Waals surface area contributed by atoms with Crippen molar-refractivity contribution in [1.82, 2.24) is 4.90 Å². The Bertz CT molecular complexity index is 1160. The van der Waals surface area contributed by atoms with Gasteiger partial charge in [-0.1, -0.05) is 79.2 Å². The van der Waals surface area contributed by atoms with Crippen LogP contribution in [0.15, 0.2) is 89.9 Å². The lowest BCUT2D eigenvalue weighted by atomic mass is 9.83. The minimum atomic E-state index is -1.18. The van der Waals surface area contributed by atoms with Gasteiger partial charge >= 0.3 is 0 Å². The second-order valence-corrected chi connectivity index (χ2v) is 8.85. The van der Waals surface area contributed by atoms with Crippen molar-refractivity contribution < 1.29 is 14.0 Å². The predicted molar refractivity (Wildman–Crippen MR) is 135 cm³/mol. The summed E-state index contributed by atoms with van der Waals surface area (Å²) < 4.78 is 13.3. The van der Waals surface area contributed by atoms with E-state index in [1.165, 1.54) is 12.1 Å². The highest BCUT2D eigenvalue weighted by atomic mass is 19.1. The lowest BCUT2D eigenvalue weighted by Crippen LogP contribution is -2.44. The van der Waals surface area contributed by atoms with Gasteiger partial charge in [-0.2, -0.15) is 0 Å². The normalized spacial score (nSPS) is 14.7. The maximum atomic E-state index is 13.7. The van der Waals surface area contributed by atoms with Crippen molar-refractivity contribution >= 4 is 17.6 Å². The molecule has 1 heterocycles. The first-order valence-electron chi connectivity index (χ1n) is 12.0. The molecule has 0 aliphatic carbocycles. The molecule has 35 heavy (non-hydrogen) atoms. The van der Waals surface area contributed by atoms with Crippen LogP contribution in [-0.4, -0.2) is 29.1 Å². The zero-order chi connectivity index (χ0) is 24.7. The van der Waals surface area contributed by atoms with Gasteiger partial charge in [0.15, 0.2) is 11.5 Å². The average molecular weight is 472 g/mol. The number of guanidine groups is 1. The Morgan fingerprint density at radius 1 is 0.857 bits per heavy atom. The molecular weight excluding hydrogens is 441 g/mol. The van der Waals surface area contributed by atoms with Gasteiger partial charge in [-0.15, -0.1) is 0 Å². The fraction of sp³-hybridized carbons (Fsp3) is 0.276. The standard InChI is InChI=1S/C29H30FN3O2/c30-25-16-10-11-22(21-25)18-19-26(34)17-8-3-9-20-33-27(35)29(32-28(33)31,23-12-4-1-5-13-23)24-14-6-2-7-15-24/h1-2,4-7,10-16,21H,3,8-9,17-20H2,(H2,31,32). The first-order valence-corrected chi connectivity index (χ1v) is 12.0. The minimum absolute atomic E-state index is 0.154. The van der Waals surface area contributed by atoms with Gasteiger partial charge in [0.05, 0.1) is 0 Å². The second-order valence-electron chi connectivity index (χ2n) is 8.85. The number of hydrogen-bond donors (Lipinski definition) is 1. The summed E-state index contributed by atoms with van der Waals surface area (Å²) >= 11 is 0. The molecular formula is C29H30FN3O2. The van der Waals surface area contributed by atoms with E-state index in [1.807, 2.05) is 66.7 Å². The van der Waals surface area contributed by atoms with E-state index < -0.39 is 5.54 Å². The van der Waals surface area contributed by atoms with Gasteiger partial charge in [0.25, 0.3) is 5.91 Å². The monoisotopic (exact) mass is 471 g/mol. The minimum Gasteiger partial charge on any atom is -0.369 e. The summed E-state index contributed by atoms with van der Waals surface area (Å²) in [6.45, 7) is 0.451. The van der Waals surface area contributed by atoms with Gasteiger partial charge < -0.3 is 5.73 Å². The first kappa shape index (κ1) is 24.3. The van der Waals surface area contributed by atoms with Crippen LogP contribution in [0, 0.1) is 5.82 Å². The van der Waals surface area contributed by atoms with Gasteiger partial charge in [-0.3, -0.25) is 14.5 Å². The van der Waals surface area contributed by atoms with Crippen molar-refractivity contribution in [3.05, 3.63) is 107 Å². The van der Waals surface area contributed by atoms with E-state index in [4.69, 9.17) is 10.7 Å². The molecule has 6 heteroatoms. The third-order valence-corrected chi connectivity index (χ3v) is 6.42. The van der Waals surface area contributed by atoms with Crippen LogP contribution in [-0.2, 0) is 21.5 Å². The number of carbonyl (C=O) groups is 2. The number of unbranched alkanes of at least 4 members (excludes halogenated alkanes) is 2. The largest absolute Gasteiger partial charge is 0.369 e. The van der Waals surface area contributed by atoms with Gasteiger partial charge in [0.1, 0.15) is 11.6 Å². The molecule has 0 unspecified atom stereocenters. The quantitative estimate of drug-likeness (QED) is 0.401. The zero-order valence-corrected chi connectivity index (χ0v) is 19.7. The SMILES string of the molecule is NC1=NC(c2ccccc2)(c2ccccc2)C(=O)N1CCCCCC(=O)CCc1cccc(F)c1. The van der Waals surface area contributed by atoms with Crippen LogP contribution in [0.25, 0.3) is 0 Å². The van der Waals surface area contributed by atoms with Crippen molar-refractivity contribution in [2.24, 2.45) is 10.7 Å². The molecule has 0 fully saturated rings. The highest BCUT2D eigenvalue weighted by molar-refractivity contribution is 6.09. The molecule has 2 N–H and O–H groups in total. The molecule has 0 atom stereocenters. The maximum absolute atomic E-state index is 13.7. The molecule has 0 spiro atoms. The molecule has 0 saturated carbocycles. The van der Waals surface area contributed by atoms with Crippen LogP contribution in [0.2, 0.25) is 0 Å². The second kappa shape index (κ2) is 11.1. The molecule has 4 rings (SSSR count). The molecule has 0 bridgehead atoms. The summed E-state index contributed by atoms with van der Waals surface area (Å²) in [6.07, 6.45) is 3.69. The fourth-order valence-corrected chi connectivity index (χ4v) is 4.57. The molecule has 1 aliphatic rings. The fourth-order valence-electron chi connectivity index (χ4n) is 4.57. The molecule has 3 aromatic carbocycles. The number of nitrogens with zero attached hydrogens (tertiary/aromatic N) is 2. The molecule has 5 nitrogen and oxygen atoms in total. The summed E-state index contributed by atoms with van der Waals surface area (Å²) in [4.78, 5) is 32.2. The topological polar surface area (TPSA) is 75.8 Å². The van der Waals surface area contributed by atoms with E-state index in [0.29, 0.717) is 25.8 Å². The first-order chi connectivity index (χ1) is 17.0. The lowest BCUT2D eigenvalue weighted by molar-refractivity contribution is -0.130. The van der Waals surface area contributed by atoms with Gasteiger partial charge in [-0.25, -0.2) is 9.38 Å². The Balaban J connectivity index is 1.31. The number of halogens is 1. The van der Waals surface area contributed by atoms with Gasteiger partial charge in [0.2, 0.25) is 0 Å². The van der Waals surface area contributed by atoms with Crippen LogP contribution < -0.4 is 5.73 Å². The average Bonchev–Trinajstić information content (AvgIpc) is 3.14. The van der Waals surface area contributed by atoms with Crippen molar-refractivity contribution in [2.75, 3.05) is 6.54 Å². The Kier molecular flexibility index (Phi) is 7.70. The summed E-state index contributed by atoms with van der Waals surface area (Å²) in [5, 5.41) is 0. The van der Waals surface area contributed by atoms with Crippen molar-refractivity contribution in [3.8, 4) is 0 Å². The summed E-state index contributed by atoms with van der Waals surface area (Å²) in [7, 11) is 0. The Morgan fingerprint density at radius 2 is 1.51 bits per heavy atom. The Morgan fingerprint density at radius 3 is 2.14 bits per heavy atom. The molecule has 1 aliphatic heterocycles. The van der Waals surface area contributed by atoms with Gasteiger partial charge in [0, 0.05) is 19.4 Å². The van der Waals surface area contributed by atoms with E-state index in [0.717, 1.165) is 36.0 Å². The predicted octanol–water partition coefficient (Wildman–Crippen LogP) is 4.99. The molecule has 1 amide bonds. The molecule has 0 aromatic heterocycles. The van der Waals surface area contributed by atoms with E-state index >= 15 is 0 Å². The summed E-state index contributed by atoms with van der Waals surface area (Å²) in [6, 6.07) is 25.4. The Hall–Kier alpha value is -3.80. The van der Waals surface area contributed by atoms with E-state index in [-0.39, 0.29) is 23.5 Å². The lowest BCUT2D eigenvalue weighted by Gasteiger charge is -2.27. The maximum Gasteiger partial charge on any atom is 0.266 e. The number of hydrogen-bond acceptors (Lipinski definition) is 4. The van der Waals surface area contributed by atoms with E-state index in [1.54, 1.807) is 11.0 Å². The number of amides is 1. The highest BCUT2D eigenvalue weighted by Gasteiger charge is 2.50. The number of benzene rings is 3. The number of rotatable bonds is 11. The number of nitrogens with two attached hydrogens (primary N) is 1. The van der Waals surface area contributed by atoms with E-state index in [9.17, 15) is 14.0 Å².